The highest BCUT2D eigenvalue weighted by molar-refractivity contribution is 6.02. The van der Waals surface area contributed by atoms with Crippen molar-refractivity contribution in [2.75, 3.05) is 34.0 Å². The zero-order chi connectivity index (χ0) is 22.5. The van der Waals surface area contributed by atoms with Crippen molar-refractivity contribution in [1.29, 1.82) is 0 Å². The van der Waals surface area contributed by atoms with Crippen LogP contribution >= 0.6 is 0 Å². The maximum Gasteiger partial charge on any atom is 0.334 e. The third-order valence-corrected chi connectivity index (χ3v) is 6.83. The molecular weight excluding hydrogens is 400 g/mol. The van der Waals surface area contributed by atoms with Gasteiger partial charge in [-0.25, -0.2) is 4.79 Å². The zero-order valence-corrected chi connectivity index (χ0v) is 18.7. The van der Waals surface area contributed by atoms with Crippen LogP contribution in [0.5, 0.6) is 0 Å². The summed E-state index contributed by atoms with van der Waals surface area (Å²) in [4.78, 5) is 26.5. The Labute approximate surface area is 182 Å². The molecule has 2 aliphatic carbocycles. The first-order valence-corrected chi connectivity index (χ1v) is 10.6. The minimum atomic E-state index is -1.51. The Morgan fingerprint density at radius 2 is 1.71 bits per heavy atom. The second kappa shape index (κ2) is 7.43. The van der Waals surface area contributed by atoms with Gasteiger partial charge in [0.05, 0.1) is 44.5 Å². The lowest BCUT2D eigenvalue weighted by molar-refractivity contribution is -0.343. The van der Waals surface area contributed by atoms with Gasteiger partial charge in [-0.3, -0.25) is 4.79 Å². The predicted molar refractivity (Wildman–Crippen MR) is 111 cm³/mol. The summed E-state index contributed by atoms with van der Waals surface area (Å²) in [5.41, 5.74) is -1.76. The van der Waals surface area contributed by atoms with E-state index in [1.807, 2.05) is 51.1 Å². The lowest BCUT2D eigenvalue weighted by Crippen LogP contribution is -2.64. The molecule has 7 nitrogen and oxygen atoms in total. The predicted octanol–water partition coefficient (Wildman–Crippen LogP) is 2.77. The van der Waals surface area contributed by atoms with Gasteiger partial charge >= 0.3 is 11.9 Å². The number of esters is 2. The second-order valence-electron chi connectivity index (χ2n) is 9.19. The molecule has 0 N–H and O–H groups in total. The highest BCUT2D eigenvalue weighted by atomic mass is 16.7. The van der Waals surface area contributed by atoms with Crippen molar-refractivity contribution in [2.24, 2.45) is 10.8 Å². The van der Waals surface area contributed by atoms with E-state index in [9.17, 15) is 9.59 Å². The molecule has 4 rings (SSSR count). The highest BCUT2D eigenvalue weighted by Crippen LogP contribution is 2.71. The number of hydrogen-bond acceptors (Lipinski definition) is 7. The summed E-state index contributed by atoms with van der Waals surface area (Å²) < 4.78 is 29.6. The first kappa shape index (κ1) is 22.0. The number of hydrogen-bond donors (Lipinski definition) is 0. The van der Waals surface area contributed by atoms with E-state index < -0.39 is 34.7 Å². The summed E-state index contributed by atoms with van der Waals surface area (Å²) in [6.07, 6.45) is 1.49. The normalized spacial score (nSPS) is 32.5. The number of carbonyl (C=O) groups is 2. The van der Waals surface area contributed by atoms with E-state index in [0.29, 0.717) is 19.8 Å². The quantitative estimate of drug-likeness (QED) is 0.665. The summed E-state index contributed by atoms with van der Waals surface area (Å²) >= 11 is 0. The van der Waals surface area contributed by atoms with Gasteiger partial charge in [0.2, 0.25) is 5.79 Å². The summed E-state index contributed by atoms with van der Waals surface area (Å²) in [6.45, 7) is 7.10. The van der Waals surface area contributed by atoms with Crippen LogP contribution in [0.4, 0.5) is 0 Å². The molecule has 1 saturated carbocycles. The molecule has 1 spiro atoms. The van der Waals surface area contributed by atoms with Crippen molar-refractivity contribution in [3.63, 3.8) is 0 Å². The SMILES string of the molecule is CCO[C@@H]1C[C@]2(C(=O)OC)C(C(=O)OC)=C[C@@]1(c1ccccc1)C21OCC(C)(C)CO1. The number of rotatable bonds is 5. The molecule has 2 fully saturated rings. The molecule has 1 heterocycles. The number of benzene rings is 1. The zero-order valence-electron chi connectivity index (χ0n) is 18.7. The monoisotopic (exact) mass is 430 g/mol. The van der Waals surface area contributed by atoms with Crippen molar-refractivity contribution in [3.05, 3.63) is 47.5 Å². The second-order valence-corrected chi connectivity index (χ2v) is 9.19. The third kappa shape index (κ3) is 2.69. The van der Waals surface area contributed by atoms with E-state index in [4.69, 9.17) is 23.7 Å². The molecule has 3 atom stereocenters. The van der Waals surface area contributed by atoms with Crippen molar-refractivity contribution in [3.8, 4) is 0 Å². The van der Waals surface area contributed by atoms with Gasteiger partial charge in [0.25, 0.3) is 0 Å². The van der Waals surface area contributed by atoms with Crippen LogP contribution in [-0.2, 0) is 38.7 Å². The van der Waals surface area contributed by atoms with Gasteiger partial charge in [0.1, 0.15) is 0 Å². The largest absolute Gasteiger partial charge is 0.468 e. The van der Waals surface area contributed by atoms with Gasteiger partial charge in [0.15, 0.2) is 5.41 Å². The van der Waals surface area contributed by atoms with Crippen LogP contribution in [0.3, 0.4) is 0 Å². The molecule has 7 heteroatoms. The molecule has 0 unspecified atom stereocenters. The maximum atomic E-state index is 13.5. The van der Waals surface area contributed by atoms with Gasteiger partial charge in [-0.2, -0.15) is 0 Å². The molecule has 3 aliphatic rings. The molecule has 31 heavy (non-hydrogen) atoms. The van der Waals surface area contributed by atoms with Crippen molar-refractivity contribution in [1.82, 2.24) is 0 Å². The van der Waals surface area contributed by atoms with E-state index in [1.54, 1.807) is 6.08 Å². The first-order valence-electron chi connectivity index (χ1n) is 10.6. The van der Waals surface area contributed by atoms with Crippen LogP contribution in [0.15, 0.2) is 42.0 Å². The maximum absolute atomic E-state index is 13.5. The van der Waals surface area contributed by atoms with Crippen molar-refractivity contribution < 1.29 is 33.3 Å². The molecule has 1 aromatic carbocycles. The Kier molecular flexibility index (Phi) is 5.27. The number of ether oxygens (including phenoxy) is 5. The smallest absolute Gasteiger partial charge is 0.334 e. The van der Waals surface area contributed by atoms with Gasteiger partial charge in [-0.05, 0) is 12.5 Å². The van der Waals surface area contributed by atoms with E-state index in [-0.39, 0.29) is 17.4 Å². The molecule has 168 valence electrons. The van der Waals surface area contributed by atoms with Crippen LogP contribution in [-0.4, -0.2) is 57.9 Å². The van der Waals surface area contributed by atoms with E-state index in [2.05, 4.69) is 0 Å². The summed E-state index contributed by atoms with van der Waals surface area (Å²) in [5.74, 6) is -2.69. The molecule has 0 amide bonds. The minimum Gasteiger partial charge on any atom is -0.468 e. The Morgan fingerprint density at radius 1 is 1.06 bits per heavy atom. The topological polar surface area (TPSA) is 80.3 Å². The Hall–Kier alpha value is -2.22. The third-order valence-electron chi connectivity index (χ3n) is 6.83. The van der Waals surface area contributed by atoms with Crippen molar-refractivity contribution in [2.45, 2.75) is 44.5 Å². The molecular formula is C24H30O7. The molecule has 1 saturated heterocycles. The highest BCUT2D eigenvalue weighted by Gasteiger charge is 2.84. The van der Waals surface area contributed by atoms with E-state index in [1.165, 1.54) is 14.2 Å². The van der Waals surface area contributed by atoms with Crippen molar-refractivity contribution >= 4 is 11.9 Å². The number of methoxy groups -OCH3 is 2. The van der Waals surface area contributed by atoms with Gasteiger partial charge in [0, 0.05) is 18.4 Å². The van der Waals surface area contributed by atoms with Crippen LogP contribution in [0.1, 0.15) is 32.8 Å². The van der Waals surface area contributed by atoms with Crippen LogP contribution < -0.4 is 0 Å². The minimum absolute atomic E-state index is 0.184. The molecule has 0 aromatic heterocycles. The van der Waals surface area contributed by atoms with Gasteiger partial charge in [-0.15, -0.1) is 0 Å². The fourth-order valence-corrected chi connectivity index (χ4v) is 5.54. The summed E-state index contributed by atoms with van der Waals surface area (Å²) in [5, 5.41) is 0. The van der Waals surface area contributed by atoms with Crippen LogP contribution in [0.25, 0.3) is 0 Å². The average Bonchev–Trinajstić information content (AvgIpc) is 3.16. The lowest BCUT2D eigenvalue weighted by atomic mass is 9.72. The molecule has 2 bridgehead atoms. The first-order chi connectivity index (χ1) is 14.7. The Bertz CT molecular complexity index is 896. The van der Waals surface area contributed by atoms with Gasteiger partial charge < -0.3 is 23.7 Å². The molecule has 0 radical (unpaired) electrons. The Morgan fingerprint density at radius 3 is 2.26 bits per heavy atom. The standard InChI is InChI=1S/C24H30O7/c1-6-29-18-13-23(20(26)28-5)17(19(25)27-4)12-22(18,16-10-8-7-9-11-16)24(23)30-14-21(2,3)15-31-24/h7-12,18H,6,13-15H2,1-5H3/t18-,22+,23-/m1/s1. The molecule has 1 aliphatic heterocycles. The van der Waals surface area contributed by atoms with E-state index in [0.717, 1.165) is 5.56 Å². The van der Waals surface area contributed by atoms with Crippen LogP contribution in [0.2, 0.25) is 0 Å². The molecule has 1 aromatic rings. The average molecular weight is 430 g/mol. The lowest BCUT2D eigenvalue weighted by Gasteiger charge is -2.52. The van der Waals surface area contributed by atoms with Crippen LogP contribution in [0, 0.1) is 10.8 Å². The van der Waals surface area contributed by atoms with Gasteiger partial charge in [-0.1, -0.05) is 50.3 Å². The number of carbonyl (C=O) groups excluding carboxylic acids is 2. The fourth-order valence-electron chi connectivity index (χ4n) is 5.54. The Balaban J connectivity index is 2.05. The fraction of sp³-hybridized carbons (Fsp3) is 0.583. The summed E-state index contributed by atoms with van der Waals surface area (Å²) in [6, 6.07) is 9.64. The van der Waals surface area contributed by atoms with E-state index >= 15 is 0 Å². The summed E-state index contributed by atoms with van der Waals surface area (Å²) in [7, 11) is 2.61.